The van der Waals surface area contributed by atoms with E-state index in [1.54, 1.807) is 0 Å². The Morgan fingerprint density at radius 1 is 0.533 bits per heavy atom. The Balaban J connectivity index is 0. The summed E-state index contributed by atoms with van der Waals surface area (Å²) in [6.45, 7) is 12.6. The van der Waals surface area contributed by atoms with Crippen LogP contribution in [-0.4, -0.2) is 39.6 Å². The molecule has 3 heteroatoms. The number of hydrogen-bond donors (Lipinski definition) is 0. The molecule has 0 aromatic heterocycles. The normalized spacial score (nSPS) is 9.60. The van der Waals surface area contributed by atoms with Crippen molar-refractivity contribution < 1.29 is 14.2 Å². The zero-order chi connectivity index (χ0) is 11.8. The van der Waals surface area contributed by atoms with E-state index < -0.39 is 0 Å². The Bertz CT molecular complexity index is 76.9. The minimum Gasteiger partial charge on any atom is -0.379 e. The third-order valence-electron chi connectivity index (χ3n) is 1.44. The zero-order valence-electron chi connectivity index (χ0n) is 10.9. The van der Waals surface area contributed by atoms with Gasteiger partial charge in [-0.1, -0.05) is 27.7 Å². The van der Waals surface area contributed by atoms with Gasteiger partial charge in [0.25, 0.3) is 0 Å². The zero-order valence-corrected chi connectivity index (χ0v) is 10.9. The third-order valence-corrected chi connectivity index (χ3v) is 1.44. The Kier molecular flexibility index (Phi) is 22.4. The van der Waals surface area contributed by atoms with Gasteiger partial charge in [-0.15, -0.1) is 0 Å². The van der Waals surface area contributed by atoms with E-state index in [-0.39, 0.29) is 0 Å². The van der Waals surface area contributed by atoms with Crippen LogP contribution in [0.1, 0.15) is 40.5 Å². The minimum absolute atomic E-state index is 0.676. The molecule has 0 rings (SSSR count). The predicted molar refractivity (Wildman–Crippen MR) is 64.4 cm³/mol. The van der Waals surface area contributed by atoms with Crippen molar-refractivity contribution in [1.29, 1.82) is 0 Å². The van der Waals surface area contributed by atoms with Crippen LogP contribution in [0.3, 0.4) is 0 Å². The van der Waals surface area contributed by atoms with Gasteiger partial charge in [0.2, 0.25) is 0 Å². The van der Waals surface area contributed by atoms with Crippen LogP contribution < -0.4 is 0 Å². The summed E-state index contributed by atoms with van der Waals surface area (Å²) in [6.07, 6.45) is 2.14. The van der Waals surface area contributed by atoms with Crippen LogP contribution in [-0.2, 0) is 14.2 Å². The second-order valence-electron chi connectivity index (χ2n) is 2.84. The highest BCUT2D eigenvalue weighted by Crippen LogP contribution is 1.84. The summed E-state index contributed by atoms with van der Waals surface area (Å²) < 4.78 is 15.8. The maximum atomic E-state index is 5.28. The Hall–Kier alpha value is -0.120. The number of ether oxygens (including phenoxy) is 3. The predicted octanol–water partition coefficient (Wildman–Crippen LogP) is 2.88. The van der Waals surface area contributed by atoms with Gasteiger partial charge >= 0.3 is 0 Å². The second-order valence-corrected chi connectivity index (χ2v) is 2.84. The van der Waals surface area contributed by atoms with Crippen LogP contribution in [0.25, 0.3) is 0 Å². The third kappa shape index (κ3) is 20.1. The summed E-state index contributed by atoms with van der Waals surface area (Å²) in [5.74, 6) is 0. The molecule has 0 aliphatic carbocycles. The van der Waals surface area contributed by atoms with Crippen molar-refractivity contribution in [3.05, 3.63) is 0 Å². The molecule has 0 saturated carbocycles. The van der Waals surface area contributed by atoms with Crippen molar-refractivity contribution in [2.75, 3.05) is 39.6 Å². The molecule has 0 bridgehead atoms. The lowest BCUT2D eigenvalue weighted by atomic mass is 10.5. The molecule has 0 aliphatic heterocycles. The van der Waals surface area contributed by atoms with Crippen molar-refractivity contribution in [2.24, 2.45) is 0 Å². The van der Waals surface area contributed by atoms with Gasteiger partial charge in [-0.2, -0.15) is 0 Å². The highest BCUT2D eigenvalue weighted by Gasteiger charge is 1.89. The van der Waals surface area contributed by atoms with Gasteiger partial charge in [-0.05, 0) is 12.8 Å². The van der Waals surface area contributed by atoms with E-state index in [0.29, 0.717) is 26.4 Å². The molecule has 0 amide bonds. The highest BCUT2D eigenvalue weighted by molar-refractivity contribution is 4.33. The first-order valence-corrected chi connectivity index (χ1v) is 6.15. The molecule has 0 aliphatic rings. The topological polar surface area (TPSA) is 27.7 Å². The fraction of sp³-hybridized carbons (Fsp3) is 1.00. The van der Waals surface area contributed by atoms with Crippen LogP contribution in [0.15, 0.2) is 0 Å². The van der Waals surface area contributed by atoms with Crippen LogP contribution in [0.2, 0.25) is 0 Å². The van der Waals surface area contributed by atoms with Gasteiger partial charge in [0.1, 0.15) is 0 Å². The largest absolute Gasteiger partial charge is 0.379 e. The standard InChI is InChI=1S/C10H22O3.C2H6/c1-3-5-11-7-9-13-10-8-12-6-4-2;1-2/h3-10H2,1-2H3;1-2H3. The van der Waals surface area contributed by atoms with Crippen molar-refractivity contribution >= 4 is 0 Å². The molecule has 0 N–H and O–H groups in total. The summed E-state index contributed by atoms with van der Waals surface area (Å²) in [5.41, 5.74) is 0. The summed E-state index contributed by atoms with van der Waals surface area (Å²) in [5, 5.41) is 0. The summed E-state index contributed by atoms with van der Waals surface area (Å²) >= 11 is 0. The van der Waals surface area contributed by atoms with Gasteiger partial charge in [0.05, 0.1) is 26.4 Å². The minimum atomic E-state index is 0.676. The molecule has 0 atom stereocenters. The van der Waals surface area contributed by atoms with Crippen molar-refractivity contribution in [3.8, 4) is 0 Å². The first-order valence-electron chi connectivity index (χ1n) is 6.15. The van der Waals surface area contributed by atoms with Crippen LogP contribution in [0, 0.1) is 0 Å². The van der Waals surface area contributed by atoms with E-state index in [1.165, 1.54) is 0 Å². The monoisotopic (exact) mass is 220 g/mol. The molecule has 0 spiro atoms. The van der Waals surface area contributed by atoms with Gasteiger partial charge in [-0.25, -0.2) is 0 Å². The molecule has 3 nitrogen and oxygen atoms in total. The average Bonchev–Trinajstić information content (AvgIpc) is 2.30. The molecular formula is C12H28O3. The molecule has 0 unspecified atom stereocenters. The molecular weight excluding hydrogens is 192 g/mol. The maximum Gasteiger partial charge on any atom is 0.0701 e. The molecule has 0 radical (unpaired) electrons. The first-order chi connectivity index (χ1) is 7.41. The van der Waals surface area contributed by atoms with Gasteiger partial charge in [0.15, 0.2) is 0 Å². The van der Waals surface area contributed by atoms with Crippen LogP contribution in [0.4, 0.5) is 0 Å². The van der Waals surface area contributed by atoms with E-state index in [9.17, 15) is 0 Å². The molecule has 0 heterocycles. The SMILES string of the molecule is CC.CCCOCCOCCOCCC. The van der Waals surface area contributed by atoms with Gasteiger partial charge < -0.3 is 14.2 Å². The number of rotatable bonds is 10. The van der Waals surface area contributed by atoms with Crippen molar-refractivity contribution in [3.63, 3.8) is 0 Å². The molecule has 94 valence electrons. The summed E-state index contributed by atoms with van der Waals surface area (Å²) in [7, 11) is 0. The van der Waals surface area contributed by atoms with Crippen molar-refractivity contribution in [1.82, 2.24) is 0 Å². The first kappa shape index (κ1) is 17.3. The lowest BCUT2D eigenvalue weighted by molar-refractivity contribution is 0.0148. The van der Waals surface area contributed by atoms with E-state index in [0.717, 1.165) is 26.1 Å². The molecule has 0 aromatic rings. The Morgan fingerprint density at radius 2 is 0.800 bits per heavy atom. The quantitative estimate of drug-likeness (QED) is 0.530. The highest BCUT2D eigenvalue weighted by atomic mass is 16.5. The van der Waals surface area contributed by atoms with E-state index in [2.05, 4.69) is 13.8 Å². The number of hydrogen-bond acceptors (Lipinski definition) is 3. The lowest BCUT2D eigenvalue weighted by Crippen LogP contribution is -2.09. The molecule has 15 heavy (non-hydrogen) atoms. The fourth-order valence-electron chi connectivity index (χ4n) is 0.831. The smallest absolute Gasteiger partial charge is 0.0701 e. The van der Waals surface area contributed by atoms with E-state index in [1.807, 2.05) is 13.8 Å². The van der Waals surface area contributed by atoms with Crippen molar-refractivity contribution in [2.45, 2.75) is 40.5 Å². The van der Waals surface area contributed by atoms with Crippen LogP contribution >= 0.6 is 0 Å². The van der Waals surface area contributed by atoms with Gasteiger partial charge in [0, 0.05) is 13.2 Å². The Morgan fingerprint density at radius 3 is 1.07 bits per heavy atom. The maximum absolute atomic E-state index is 5.28. The average molecular weight is 220 g/mol. The van der Waals surface area contributed by atoms with Gasteiger partial charge in [-0.3, -0.25) is 0 Å². The molecule has 0 aromatic carbocycles. The summed E-state index contributed by atoms with van der Waals surface area (Å²) in [4.78, 5) is 0. The Labute approximate surface area is 95.1 Å². The fourth-order valence-corrected chi connectivity index (χ4v) is 0.831. The lowest BCUT2D eigenvalue weighted by Gasteiger charge is -2.05. The van der Waals surface area contributed by atoms with E-state index >= 15 is 0 Å². The van der Waals surface area contributed by atoms with E-state index in [4.69, 9.17) is 14.2 Å². The van der Waals surface area contributed by atoms with Crippen LogP contribution in [0.5, 0.6) is 0 Å². The molecule has 0 fully saturated rings. The molecule has 0 saturated heterocycles. The second kappa shape index (κ2) is 19.5. The summed E-state index contributed by atoms with van der Waals surface area (Å²) in [6, 6.07) is 0.